The molecule has 4 heterocycles. The number of methoxy groups -OCH3 is 1. The van der Waals surface area contributed by atoms with E-state index in [-0.39, 0.29) is 11.5 Å². The molecule has 1 spiro atoms. The summed E-state index contributed by atoms with van der Waals surface area (Å²) in [6, 6.07) is 0. The largest absolute Gasteiger partial charge is 0.453 e. The smallest absolute Gasteiger partial charge is 0.409 e. The third kappa shape index (κ3) is 3.34. The fourth-order valence-electron chi connectivity index (χ4n) is 4.60. The van der Waals surface area contributed by atoms with Crippen LogP contribution in [0.2, 0.25) is 0 Å². The predicted molar refractivity (Wildman–Crippen MR) is 109 cm³/mol. The maximum atomic E-state index is 11.8. The minimum Gasteiger partial charge on any atom is -0.453 e. The van der Waals surface area contributed by atoms with Gasteiger partial charge in [-0.3, -0.25) is 0 Å². The molecule has 4 rings (SSSR count). The van der Waals surface area contributed by atoms with Gasteiger partial charge in [-0.2, -0.15) is 0 Å². The third-order valence-electron chi connectivity index (χ3n) is 6.36. The lowest BCUT2D eigenvalue weighted by Crippen LogP contribution is -2.61. The van der Waals surface area contributed by atoms with E-state index < -0.39 is 0 Å². The number of nitrogens with zero attached hydrogens (tertiary/aromatic N) is 5. The van der Waals surface area contributed by atoms with E-state index in [1.165, 1.54) is 7.11 Å². The van der Waals surface area contributed by atoms with Crippen LogP contribution < -0.4 is 4.90 Å². The molecule has 29 heavy (non-hydrogen) atoms. The number of anilines is 1. The summed E-state index contributed by atoms with van der Waals surface area (Å²) in [7, 11) is 1.44. The van der Waals surface area contributed by atoms with Gasteiger partial charge in [0.05, 0.1) is 24.1 Å². The second-order valence-corrected chi connectivity index (χ2v) is 8.30. The van der Waals surface area contributed by atoms with E-state index in [0.717, 1.165) is 85.4 Å². The molecule has 2 aliphatic rings. The minimum atomic E-state index is -0.223. The molecule has 0 saturated carbocycles. The monoisotopic (exact) mass is 399 g/mol. The molecular formula is C21H29N5O3. The molecule has 2 saturated heterocycles. The number of hydrogen-bond donors (Lipinski definition) is 0. The summed E-state index contributed by atoms with van der Waals surface area (Å²) in [6.45, 7) is 11.5. The number of likely N-dealkylation sites (tertiary alicyclic amines) is 1. The molecule has 2 fully saturated rings. The maximum absolute atomic E-state index is 11.8. The van der Waals surface area contributed by atoms with Gasteiger partial charge in [0.25, 0.3) is 0 Å². The Balaban J connectivity index is 1.56. The predicted octanol–water partition coefficient (Wildman–Crippen LogP) is 3.29. The molecule has 2 aliphatic heterocycles. The van der Waals surface area contributed by atoms with Crippen LogP contribution in [0, 0.1) is 26.2 Å². The number of hydrogen-bond acceptors (Lipinski definition) is 7. The van der Waals surface area contributed by atoms with Gasteiger partial charge in [0, 0.05) is 43.6 Å². The van der Waals surface area contributed by atoms with Crippen LogP contribution in [-0.4, -0.2) is 59.4 Å². The van der Waals surface area contributed by atoms with Crippen LogP contribution in [0.5, 0.6) is 0 Å². The Labute approximate surface area is 171 Å². The molecule has 8 heteroatoms. The highest BCUT2D eigenvalue weighted by molar-refractivity contribution is 5.72. The number of rotatable bonds is 3. The normalized spacial score (nSPS) is 18.1. The fraction of sp³-hybridized carbons (Fsp3) is 0.619. The molecule has 0 N–H and O–H groups in total. The second-order valence-electron chi connectivity index (χ2n) is 8.30. The maximum Gasteiger partial charge on any atom is 0.409 e. The van der Waals surface area contributed by atoms with Crippen molar-refractivity contribution < 1.29 is 14.1 Å². The quantitative estimate of drug-likeness (QED) is 0.783. The minimum absolute atomic E-state index is 0.223. The third-order valence-corrected chi connectivity index (χ3v) is 6.36. The summed E-state index contributed by atoms with van der Waals surface area (Å²) < 4.78 is 10.2. The first-order valence-electron chi connectivity index (χ1n) is 10.3. The number of carbonyl (C=O) groups excluding carboxylic acids is 1. The van der Waals surface area contributed by atoms with Crippen LogP contribution in [-0.2, 0) is 11.2 Å². The zero-order valence-corrected chi connectivity index (χ0v) is 17.9. The van der Waals surface area contributed by atoms with Crippen molar-refractivity contribution in [3.8, 4) is 11.3 Å². The Hall–Kier alpha value is -2.64. The first-order chi connectivity index (χ1) is 13.9. The van der Waals surface area contributed by atoms with Gasteiger partial charge in [-0.05, 0) is 33.6 Å². The van der Waals surface area contributed by atoms with Crippen molar-refractivity contribution in [2.45, 2.75) is 47.0 Å². The van der Waals surface area contributed by atoms with Crippen LogP contribution in [0.3, 0.4) is 0 Å². The Morgan fingerprint density at radius 1 is 1.17 bits per heavy atom. The molecule has 0 radical (unpaired) electrons. The number of amides is 1. The van der Waals surface area contributed by atoms with Crippen molar-refractivity contribution in [2.75, 3.05) is 38.2 Å². The number of ether oxygens (including phenoxy) is 1. The number of piperidine rings is 1. The molecule has 1 amide bonds. The molecule has 156 valence electrons. The van der Waals surface area contributed by atoms with Crippen LogP contribution in [0.25, 0.3) is 11.3 Å². The summed E-state index contributed by atoms with van der Waals surface area (Å²) in [5.41, 5.74) is 4.08. The molecule has 0 bridgehead atoms. The summed E-state index contributed by atoms with van der Waals surface area (Å²) in [5, 5.41) is 4.10. The Morgan fingerprint density at radius 3 is 2.41 bits per heavy atom. The summed E-state index contributed by atoms with van der Waals surface area (Å²) in [6.07, 6.45) is 2.55. The van der Waals surface area contributed by atoms with Gasteiger partial charge in [0.15, 0.2) is 0 Å². The average molecular weight is 399 g/mol. The molecule has 2 aromatic rings. The number of aryl methyl sites for hydroxylation is 3. The highest BCUT2D eigenvalue weighted by Crippen LogP contribution is 2.44. The molecule has 0 atom stereocenters. The van der Waals surface area contributed by atoms with Crippen molar-refractivity contribution in [1.29, 1.82) is 0 Å². The van der Waals surface area contributed by atoms with Crippen LogP contribution in [0.1, 0.15) is 42.6 Å². The van der Waals surface area contributed by atoms with Crippen molar-refractivity contribution in [3.05, 3.63) is 22.8 Å². The second kappa shape index (κ2) is 7.31. The van der Waals surface area contributed by atoms with E-state index in [4.69, 9.17) is 19.2 Å². The van der Waals surface area contributed by atoms with Gasteiger partial charge >= 0.3 is 6.09 Å². The molecular weight excluding hydrogens is 370 g/mol. The van der Waals surface area contributed by atoms with E-state index in [1.54, 1.807) is 4.90 Å². The Bertz CT molecular complexity index is 903. The standard InChI is InChI=1S/C21H29N5O3/c1-6-16-22-18(17-14(3)24-29-15(17)4)13(2)19(23-16)26-11-21(12-26)7-9-25(10-8-21)20(27)28-5/h6-12H2,1-5H3. The highest BCUT2D eigenvalue weighted by atomic mass is 16.5. The van der Waals surface area contributed by atoms with Crippen LogP contribution in [0.15, 0.2) is 4.52 Å². The lowest BCUT2D eigenvalue weighted by Gasteiger charge is -2.54. The summed E-state index contributed by atoms with van der Waals surface area (Å²) in [4.78, 5) is 25.6. The zero-order valence-electron chi connectivity index (χ0n) is 17.9. The fourth-order valence-corrected chi connectivity index (χ4v) is 4.60. The first kappa shape index (κ1) is 19.7. The topological polar surface area (TPSA) is 84.6 Å². The van der Waals surface area contributed by atoms with Gasteiger partial charge in [-0.1, -0.05) is 12.1 Å². The zero-order chi connectivity index (χ0) is 20.8. The van der Waals surface area contributed by atoms with E-state index in [0.29, 0.717) is 0 Å². The van der Waals surface area contributed by atoms with Crippen molar-refractivity contribution >= 4 is 11.9 Å². The van der Waals surface area contributed by atoms with Gasteiger partial charge < -0.3 is 19.1 Å². The summed E-state index contributed by atoms with van der Waals surface area (Å²) >= 11 is 0. The lowest BCUT2D eigenvalue weighted by atomic mass is 9.72. The highest BCUT2D eigenvalue weighted by Gasteiger charge is 2.46. The molecule has 8 nitrogen and oxygen atoms in total. The first-order valence-corrected chi connectivity index (χ1v) is 10.3. The summed E-state index contributed by atoms with van der Waals surface area (Å²) in [5.74, 6) is 2.63. The molecule has 0 unspecified atom stereocenters. The van der Waals surface area contributed by atoms with Gasteiger partial charge in [-0.15, -0.1) is 0 Å². The SMILES string of the molecule is CCc1nc(-c2c(C)noc2C)c(C)c(N2CC3(CCN(C(=O)OC)CC3)C2)n1. The average Bonchev–Trinajstić information content (AvgIpc) is 3.04. The molecule has 2 aromatic heterocycles. The van der Waals surface area contributed by atoms with Gasteiger partial charge in [0.1, 0.15) is 17.4 Å². The van der Waals surface area contributed by atoms with Crippen molar-refractivity contribution in [1.82, 2.24) is 20.0 Å². The number of carbonyl (C=O) groups is 1. The van der Waals surface area contributed by atoms with E-state index >= 15 is 0 Å². The van der Waals surface area contributed by atoms with Crippen LogP contribution in [0.4, 0.5) is 10.6 Å². The molecule has 0 aromatic carbocycles. The number of aromatic nitrogens is 3. The van der Waals surface area contributed by atoms with E-state index in [1.807, 2.05) is 13.8 Å². The Kier molecular flexibility index (Phi) is 4.96. The van der Waals surface area contributed by atoms with Crippen molar-refractivity contribution in [2.24, 2.45) is 5.41 Å². The van der Waals surface area contributed by atoms with Gasteiger partial charge in [0.2, 0.25) is 0 Å². The molecule has 0 aliphatic carbocycles. The van der Waals surface area contributed by atoms with E-state index in [2.05, 4.69) is 23.9 Å². The lowest BCUT2D eigenvalue weighted by molar-refractivity contribution is 0.0621. The van der Waals surface area contributed by atoms with Crippen LogP contribution >= 0.6 is 0 Å². The van der Waals surface area contributed by atoms with E-state index in [9.17, 15) is 4.79 Å². The van der Waals surface area contributed by atoms with Crippen molar-refractivity contribution in [3.63, 3.8) is 0 Å². The van der Waals surface area contributed by atoms with Gasteiger partial charge in [-0.25, -0.2) is 14.8 Å². The Morgan fingerprint density at radius 2 is 1.86 bits per heavy atom.